The number of halogens is 1. The summed E-state index contributed by atoms with van der Waals surface area (Å²) in [4.78, 5) is 15.6. The maximum atomic E-state index is 11.2. The Morgan fingerprint density at radius 2 is 1.86 bits per heavy atom. The van der Waals surface area contributed by atoms with Crippen LogP contribution in [0.15, 0.2) is 24.3 Å². The Bertz CT molecular complexity index is 462. The number of esters is 1. The van der Waals surface area contributed by atoms with Gasteiger partial charge >= 0.3 is 5.97 Å². The van der Waals surface area contributed by atoms with Crippen LogP contribution in [0.4, 0.5) is 0 Å². The van der Waals surface area contributed by atoms with Gasteiger partial charge < -0.3 is 9.47 Å². The summed E-state index contributed by atoms with van der Waals surface area (Å²) in [5.41, 5.74) is 0. The largest absolute Gasteiger partial charge is 0.491 e. The van der Waals surface area contributed by atoms with Crippen molar-refractivity contribution >= 4 is 17.6 Å². The second-order valence-corrected chi connectivity index (χ2v) is 5.38. The van der Waals surface area contributed by atoms with E-state index in [0.29, 0.717) is 18.2 Å². The number of ether oxygens (including phenoxy) is 2. The van der Waals surface area contributed by atoms with Crippen molar-refractivity contribution in [2.75, 3.05) is 53.0 Å². The van der Waals surface area contributed by atoms with Gasteiger partial charge in [0, 0.05) is 32.7 Å². The van der Waals surface area contributed by atoms with Crippen LogP contribution in [0.5, 0.6) is 5.75 Å². The molecule has 0 aliphatic carbocycles. The van der Waals surface area contributed by atoms with E-state index < -0.39 is 0 Å². The van der Waals surface area contributed by atoms with Gasteiger partial charge in [0.2, 0.25) is 0 Å². The Balaban J connectivity index is 1.65. The first-order chi connectivity index (χ1) is 10.2. The molecule has 1 fully saturated rings. The average molecular weight is 313 g/mol. The van der Waals surface area contributed by atoms with Gasteiger partial charge in [-0.3, -0.25) is 14.6 Å². The third-order valence-corrected chi connectivity index (χ3v) is 3.86. The summed E-state index contributed by atoms with van der Waals surface area (Å²) in [6.45, 7) is 5.46. The van der Waals surface area contributed by atoms with Gasteiger partial charge in [0.25, 0.3) is 0 Å². The number of hydrogen-bond donors (Lipinski definition) is 0. The van der Waals surface area contributed by atoms with Gasteiger partial charge in [-0.05, 0) is 12.1 Å². The number of benzene rings is 1. The Morgan fingerprint density at radius 1 is 1.19 bits per heavy atom. The van der Waals surface area contributed by atoms with Gasteiger partial charge in [0.1, 0.15) is 12.4 Å². The van der Waals surface area contributed by atoms with Crippen molar-refractivity contribution in [3.05, 3.63) is 29.3 Å². The first-order valence-electron chi connectivity index (χ1n) is 7.08. The van der Waals surface area contributed by atoms with E-state index in [1.54, 1.807) is 0 Å². The highest BCUT2D eigenvalue weighted by Crippen LogP contribution is 2.22. The lowest BCUT2D eigenvalue weighted by atomic mass is 10.3. The minimum absolute atomic E-state index is 0.175. The van der Waals surface area contributed by atoms with E-state index in [1.165, 1.54) is 7.11 Å². The average Bonchev–Trinajstić information content (AvgIpc) is 2.51. The second kappa shape index (κ2) is 8.22. The molecule has 21 heavy (non-hydrogen) atoms. The predicted octanol–water partition coefficient (Wildman–Crippen LogP) is 1.51. The van der Waals surface area contributed by atoms with E-state index in [9.17, 15) is 4.79 Å². The smallest absolute Gasteiger partial charge is 0.319 e. The summed E-state index contributed by atoms with van der Waals surface area (Å²) in [7, 11) is 1.42. The van der Waals surface area contributed by atoms with Crippen LogP contribution >= 0.6 is 11.6 Å². The van der Waals surface area contributed by atoms with Crippen molar-refractivity contribution < 1.29 is 14.3 Å². The lowest BCUT2D eigenvalue weighted by Crippen LogP contribution is -2.48. The molecule has 0 radical (unpaired) electrons. The highest BCUT2D eigenvalue weighted by molar-refractivity contribution is 6.32. The van der Waals surface area contributed by atoms with Crippen LogP contribution in [0.25, 0.3) is 0 Å². The quantitative estimate of drug-likeness (QED) is 0.745. The van der Waals surface area contributed by atoms with Crippen LogP contribution in [-0.4, -0.2) is 68.8 Å². The minimum atomic E-state index is -0.175. The van der Waals surface area contributed by atoms with E-state index in [1.807, 2.05) is 24.3 Å². The maximum Gasteiger partial charge on any atom is 0.319 e. The SMILES string of the molecule is COC(=O)CN1CCN(CCOc2ccccc2Cl)CC1. The van der Waals surface area contributed by atoms with Crippen molar-refractivity contribution in [3.63, 3.8) is 0 Å². The summed E-state index contributed by atoms with van der Waals surface area (Å²) >= 11 is 6.04. The fourth-order valence-corrected chi connectivity index (χ4v) is 2.45. The summed E-state index contributed by atoms with van der Waals surface area (Å²) in [5.74, 6) is 0.550. The zero-order valence-electron chi connectivity index (χ0n) is 12.3. The van der Waals surface area contributed by atoms with Gasteiger partial charge in [-0.15, -0.1) is 0 Å². The number of carbonyl (C=O) groups excluding carboxylic acids is 1. The molecule has 1 aromatic rings. The van der Waals surface area contributed by atoms with Crippen LogP contribution in [-0.2, 0) is 9.53 Å². The van der Waals surface area contributed by atoms with E-state index in [2.05, 4.69) is 14.5 Å². The molecule has 2 rings (SSSR count). The summed E-state index contributed by atoms with van der Waals surface area (Å²) in [6.07, 6.45) is 0. The lowest BCUT2D eigenvalue weighted by molar-refractivity contribution is -0.142. The zero-order valence-corrected chi connectivity index (χ0v) is 13.0. The standard InChI is InChI=1S/C15H21ClN2O3/c1-20-15(19)12-18-8-6-17(7-9-18)10-11-21-14-5-3-2-4-13(14)16/h2-5H,6-12H2,1H3. The molecule has 1 saturated heterocycles. The first kappa shape index (κ1) is 16.1. The molecule has 5 nitrogen and oxygen atoms in total. The Hall–Kier alpha value is -1.30. The molecule has 0 saturated carbocycles. The molecule has 116 valence electrons. The van der Waals surface area contributed by atoms with Gasteiger partial charge in [0.15, 0.2) is 0 Å². The third-order valence-electron chi connectivity index (χ3n) is 3.55. The maximum absolute atomic E-state index is 11.2. The molecule has 0 unspecified atom stereocenters. The molecule has 0 bridgehead atoms. The van der Waals surface area contributed by atoms with E-state index in [-0.39, 0.29) is 5.97 Å². The number of methoxy groups -OCH3 is 1. The molecule has 0 N–H and O–H groups in total. The Morgan fingerprint density at radius 3 is 2.52 bits per heavy atom. The number of carbonyl (C=O) groups is 1. The van der Waals surface area contributed by atoms with Gasteiger partial charge in [-0.1, -0.05) is 23.7 Å². The molecular weight excluding hydrogens is 292 g/mol. The summed E-state index contributed by atoms with van der Waals surface area (Å²) < 4.78 is 10.4. The fraction of sp³-hybridized carbons (Fsp3) is 0.533. The zero-order chi connectivity index (χ0) is 15.1. The number of nitrogens with zero attached hydrogens (tertiary/aromatic N) is 2. The number of piperazine rings is 1. The number of hydrogen-bond acceptors (Lipinski definition) is 5. The molecular formula is C15H21ClN2O3. The molecule has 0 amide bonds. The minimum Gasteiger partial charge on any atom is -0.491 e. The third kappa shape index (κ3) is 5.19. The normalized spacial score (nSPS) is 16.7. The molecule has 0 aromatic heterocycles. The van der Waals surface area contributed by atoms with Gasteiger partial charge in [-0.2, -0.15) is 0 Å². The molecule has 6 heteroatoms. The summed E-state index contributed by atoms with van der Waals surface area (Å²) in [6, 6.07) is 7.49. The first-order valence-corrected chi connectivity index (χ1v) is 7.45. The lowest BCUT2D eigenvalue weighted by Gasteiger charge is -2.33. The van der Waals surface area contributed by atoms with E-state index in [0.717, 1.165) is 38.5 Å². The van der Waals surface area contributed by atoms with E-state index in [4.69, 9.17) is 16.3 Å². The number of para-hydroxylation sites is 1. The fourth-order valence-electron chi connectivity index (χ4n) is 2.26. The number of rotatable bonds is 6. The monoisotopic (exact) mass is 312 g/mol. The van der Waals surface area contributed by atoms with Gasteiger partial charge in [-0.25, -0.2) is 0 Å². The van der Waals surface area contributed by atoms with Crippen LogP contribution in [0.1, 0.15) is 0 Å². The van der Waals surface area contributed by atoms with Crippen molar-refractivity contribution in [3.8, 4) is 5.75 Å². The van der Waals surface area contributed by atoms with Crippen LogP contribution in [0.2, 0.25) is 5.02 Å². The molecule has 1 aliphatic rings. The molecule has 0 atom stereocenters. The second-order valence-electron chi connectivity index (χ2n) is 4.97. The summed E-state index contributed by atoms with van der Waals surface area (Å²) in [5, 5.41) is 0.639. The van der Waals surface area contributed by atoms with Crippen LogP contribution in [0.3, 0.4) is 0 Å². The van der Waals surface area contributed by atoms with Crippen molar-refractivity contribution in [1.29, 1.82) is 0 Å². The Kier molecular flexibility index (Phi) is 6.29. The van der Waals surface area contributed by atoms with Crippen molar-refractivity contribution in [2.45, 2.75) is 0 Å². The topological polar surface area (TPSA) is 42.0 Å². The van der Waals surface area contributed by atoms with Crippen molar-refractivity contribution in [2.24, 2.45) is 0 Å². The molecule has 1 aliphatic heterocycles. The molecule has 1 heterocycles. The molecule has 1 aromatic carbocycles. The highest BCUT2D eigenvalue weighted by atomic mass is 35.5. The van der Waals surface area contributed by atoms with Crippen LogP contribution in [0, 0.1) is 0 Å². The van der Waals surface area contributed by atoms with Gasteiger partial charge in [0.05, 0.1) is 18.7 Å². The Labute approximate surface area is 130 Å². The predicted molar refractivity (Wildman–Crippen MR) is 81.8 cm³/mol. The van der Waals surface area contributed by atoms with E-state index >= 15 is 0 Å². The van der Waals surface area contributed by atoms with Crippen molar-refractivity contribution in [1.82, 2.24) is 9.80 Å². The highest BCUT2D eigenvalue weighted by Gasteiger charge is 2.18. The molecule has 0 spiro atoms. The van der Waals surface area contributed by atoms with Crippen LogP contribution < -0.4 is 4.74 Å².